The summed E-state index contributed by atoms with van der Waals surface area (Å²) in [5, 5.41) is 4.20. The van der Waals surface area contributed by atoms with Crippen molar-refractivity contribution in [1.29, 1.82) is 0 Å². The lowest BCUT2D eigenvalue weighted by Gasteiger charge is -2.26. The zero-order valence-electron chi connectivity index (χ0n) is 12.0. The first-order valence-electron chi connectivity index (χ1n) is 6.42. The highest BCUT2D eigenvalue weighted by molar-refractivity contribution is 5.74. The van der Waals surface area contributed by atoms with Crippen molar-refractivity contribution in [3.05, 3.63) is 35.9 Å². The van der Waals surface area contributed by atoms with E-state index in [1.807, 2.05) is 30.3 Å². The summed E-state index contributed by atoms with van der Waals surface area (Å²) >= 11 is 0. The zero-order valence-corrected chi connectivity index (χ0v) is 12.0. The van der Waals surface area contributed by atoms with Crippen LogP contribution in [0.2, 0.25) is 0 Å². The fourth-order valence-electron chi connectivity index (χ4n) is 1.57. The first-order chi connectivity index (χ1) is 9.68. The van der Waals surface area contributed by atoms with E-state index in [0.29, 0.717) is 6.61 Å². The molecule has 0 unspecified atom stereocenters. The number of hydrogen-bond donors (Lipinski definition) is 2. The molecule has 1 aromatic carbocycles. The molecule has 0 aromatic heterocycles. The van der Waals surface area contributed by atoms with Crippen molar-refractivity contribution in [3.63, 3.8) is 0 Å². The van der Waals surface area contributed by atoms with Crippen LogP contribution in [0.25, 0.3) is 0 Å². The third-order valence-electron chi connectivity index (χ3n) is 2.48. The van der Waals surface area contributed by atoms with Crippen molar-refractivity contribution in [2.45, 2.75) is 32.2 Å². The molecule has 21 heavy (non-hydrogen) atoms. The quantitative estimate of drug-likeness (QED) is 0.849. The predicted octanol–water partition coefficient (Wildman–Crippen LogP) is 2.84. The molecule has 0 aliphatic heterocycles. The van der Waals surface area contributed by atoms with E-state index in [0.717, 1.165) is 5.56 Å². The van der Waals surface area contributed by atoms with Crippen LogP contribution in [0.1, 0.15) is 19.4 Å². The highest BCUT2D eigenvalue weighted by atomic mass is 19.4. The number of halogens is 3. The molecule has 0 spiro atoms. The number of rotatable bonds is 6. The number of urea groups is 1. The molecule has 2 N–H and O–H groups in total. The van der Waals surface area contributed by atoms with E-state index in [9.17, 15) is 18.0 Å². The highest BCUT2D eigenvalue weighted by Crippen LogP contribution is 2.12. The lowest BCUT2D eigenvalue weighted by Crippen LogP contribution is -2.52. The van der Waals surface area contributed by atoms with E-state index in [2.05, 4.69) is 5.32 Å². The topological polar surface area (TPSA) is 50.4 Å². The Hall–Kier alpha value is -1.76. The molecule has 0 saturated heterocycles. The summed E-state index contributed by atoms with van der Waals surface area (Å²) in [6.45, 7) is 2.54. The Morgan fingerprint density at radius 3 is 2.38 bits per heavy atom. The largest absolute Gasteiger partial charge is 0.405 e. The van der Waals surface area contributed by atoms with E-state index >= 15 is 0 Å². The number of hydrogen-bond acceptors (Lipinski definition) is 2. The second-order valence-corrected chi connectivity index (χ2v) is 5.29. The Labute approximate surface area is 121 Å². The Morgan fingerprint density at radius 1 is 1.19 bits per heavy atom. The van der Waals surface area contributed by atoms with Crippen molar-refractivity contribution in [2.75, 3.05) is 13.2 Å². The average Bonchev–Trinajstić information content (AvgIpc) is 2.36. The molecule has 0 bridgehead atoms. The van der Waals surface area contributed by atoms with Crippen molar-refractivity contribution in [2.24, 2.45) is 0 Å². The first kappa shape index (κ1) is 17.3. The van der Waals surface area contributed by atoms with Gasteiger partial charge in [0.25, 0.3) is 0 Å². The maximum absolute atomic E-state index is 12.0. The molecule has 7 heteroatoms. The molecule has 0 fully saturated rings. The van der Waals surface area contributed by atoms with E-state index in [1.165, 1.54) is 0 Å². The molecular formula is C14H19F3N2O2. The van der Waals surface area contributed by atoms with Crippen molar-refractivity contribution < 1.29 is 22.7 Å². The van der Waals surface area contributed by atoms with Gasteiger partial charge in [0.1, 0.15) is 6.54 Å². The summed E-state index contributed by atoms with van der Waals surface area (Å²) in [5.41, 5.74) is 0.208. The van der Waals surface area contributed by atoms with Crippen LogP contribution in [0, 0.1) is 0 Å². The van der Waals surface area contributed by atoms with Gasteiger partial charge in [-0.2, -0.15) is 13.2 Å². The summed E-state index contributed by atoms with van der Waals surface area (Å²) in [6.07, 6.45) is -4.43. The predicted molar refractivity (Wildman–Crippen MR) is 72.8 cm³/mol. The molecule has 0 atom stereocenters. The van der Waals surface area contributed by atoms with Gasteiger partial charge in [-0.15, -0.1) is 0 Å². The molecule has 0 aliphatic rings. The van der Waals surface area contributed by atoms with Gasteiger partial charge in [0, 0.05) is 0 Å². The van der Waals surface area contributed by atoms with Crippen LogP contribution in [-0.2, 0) is 11.3 Å². The molecule has 1 rings (SSSR count). The van der Waals surface area contributed by atoms with Crippen LogP contribution in [0.3, 0.4) is 0 Å². The van der Waals surface area contributed by atoms with E-state index in [1.54, 1.807) is 19.2 Å². The molecule has 2 amide bonds. The molecule has 0 radical (unpaired) electrons. The second kappa shape index (κ2) is 7.31. The van der Waals surface area contributed by atoms with Gasteiger partial charge < -0.3 is 15.4 Å². The third kappa shape index (κ3) is 8.19. The van der Waals surface area contributed by atoms with Crippen LogP contribution in [0.4, 0.5) is 18.0 Å². The Kier molecular flexibility index (Phi) is 6.02. The van der Waals surface area contributed by atoms with E-state index in [-0.39, 0.29) is 6.61 Å². The molecular weight excluding hydrogens is 285 g/mol. The summed E-state index contributed by atoms with van der Waals surface area (Å²) in [7, 11) is 0. The van der Waals surface area contributed by atoms with Crippen LogP contribution in [-0.4, -0.2) is 30.9 Å². The van der Waals surface area contributed by atoms with Crippen molar-refractivity contribution >= 4 is 6.03 Å². The summed E-state index contributed by atoms with van der Waals surface area (Å²) in [4.78, 5) is 11.4. The SMILES string of the molecule is CC(C)(COCc1ccccc1)NC(=O)NCC(F)(F)F. The Balaban J connectivity index is 2.31. The Bertz CT molecular complexity index is 447. The standard InChI is InChI=1S/C14H19F3N2O2/c1-13(2,19-12(20)18-9-14(15,16)17)10-21-8-11-6-4-3-5-7-11/h3-7H,8-10H2,1-2H3,(H2,18,19,20). The number of carbonyl (C=O) groups is 1. The summed E-state index contributed by atoms with van der Waals surface area (Å²) < 4.78 is 41.4. The number of amides is 2. The van der Waals surface area contributed by atoms with Gasteiger partial charge in [-0.05, 0) is 19.4 Å². The number of benzene rings is 1. The minimum atomic E-state index is -4.43. The van der Waals surface area contributed by atoms with Crippen molar-refractivity contribution in [1.82, 2.24) is 10.6 Å². The molecule has 1 aromatic rings. The van der Waals surface area contributed by atoms with Crippen LogP contribution in [0.15, 0.2) is 30.3 Å². The number of alkyl halides is 3. The van der Waals surface area contributed by atoms with Gasteiger partial charge in [0.15, 0.2) is 0 Å². The summed E-state index contributed by atoms with van der Waals surface area (Å²) in [5.74, 6) is 0. The zero-order chi connectivity index (χ0) is 15.9. The summed E-state index contributed by atoms with van der Waals surface area (Å²) in [6, 6.07) is 8.58. The molecule has 0 aliphatic carbocycles. The van der Waals surface area contributed by atoms with Gasteiger partial charge in [-0.25, -0.2) is 4.79 Å². The molecule has 0 heterocycles. The monoisotopic (exact) mass is 304 g/mol. The minimum absolute atomic E-state index is 0.182. The molecule has 0 saturated carbocycles. The molecule has 4 nitrogen and oxygen atoms in total. The number of nitrogens with one attached hydrogen (secondary N) is 2. The maximum Gasteiger partial charge on any atom is 0.405 e. The third-order valence-corrected chi connectivity index (χ3v) is 2.48. The van der Waals surface area contributed by atoms with E-state index < -0.39 is 24.3 Å². The van der Waals surface area contributed by atoms with Crippen molar-refractivity contribution in [3.8, 4) is 0 Å². The molecule has 118 valence electrons. The lowest BCUT2D eigenvalue weighted by atomic mass is 10.1. The van der Waals surface area contributed by atoms with Gasteiger partial charge in [-0.3, -0.25) is 0 Å². The van der Waals surface area contributed by atoms with Crippen LogP contribution >= 0.6 is 0 Å². The van der Waals surface area contributed by atoms with Gasteiger partial charge in [0.05, 0.1) is 18.8 Å². The second-order valence-electron chi connectivity index (χ2n) is 5.29. The van der Waals surface area contributed by atoms with Gasteiger partial charge in [-0.1, -0.05) is 30.3 Å². The van der Waals surface area contributed by atoms with Gasteiger partial charge in [0.2, 0.25) is 0 Å². The lowest BCUT2D eigenvalue weighted by molar-refractivity contribution is -0.122. The van der Waals surface area contributed by atoms with Crippen LogP contribution in [0.5, 0.6) is 0 Å². The maximum atomic E-state index is 12.0. The number of carbonyl (C=O) groups excluding carboxylic acids is 1. The van der Waals surface area contributed by atoms with Gasteiger partial charge >= 0.3 is 12.2 Å². The fraction of sp³-hybridized carbons (Fsp3) is 0.500. The minimum Gasteiger partial charge on any atom is -0.374 e. The Morgan fingerprint density at radius 2 is 1.81 bits per heavy atom. The fourth-order valence-corrected chi connectivity index (χ4v) is 1.57. The van der Waals surface area contributed by atoms with Crippen LogP contribution < -0.4 is 10.6 Å². The highest BCUT2D eigenvalue weighted by Gasteiger charge is 2.29. The normalized spacial score (nSPS) is 12.0. The smallest absolute Gasteiger partial charge is 0.374 e. The number of ether oxygens (including phenoxy) is 1. The van der Waals surface area contributed by atoms with E-state index in [4.69, 9.17) is 4.74 Å². The average molecular weight is 304 g/mol. The first-order valence-corrected chi connectivity index (χ1v) is 6.42.